The number of aromatic amines is 1. The number of fused-ring (bicyclic) bond motifs is 1. The number of nitrogens with one attached hydrogen (secondary N) is 3. The molecule has 1 fully saturated rings. The molecule has 3 rings (SSSR count). The summed E-state index contributed by atoms with van der Waals surface area (Å²) in [6, 6.07) is 5.61. The van der Waals surface area contributed by atoms with E-state index in [-0.39, 0.29) is 11.3 Å². The summed E-state index contributed by atoms with van der Waals surface area (Å²) in [5.74, 6) is -0.0546. The van der Waals surface area contributed by atoms with Crippen molar-refractivity contribution in [2.45, 2.75) is 12.8 Å². The molecule has 2 aromatic rings. The predicted molar refractivity (Wildman–Crippen MR) is 84.8 cm³/mol. The van der Waals surface area contributed by atoms with Crippen LogP contribution in [-0.2, 0) is 4.74 Å². The third-order valence-corrected chi connectivity index (χ3v) is 4.47. The van der Waals surface area contributed by atoms with Crippen molar-refractivity contribution in [3.8, 4) is 0 Å². The largest absolute Gasteiger partial charge is 0.384 e. The van der Waals surface area contributed by atoms with Crippen molar-refractivity contribution in [1.82, 2.24) is 20.8 Å². The number of amides is 1. The van der Waals surface area contributed by atoms with Gasteiger partial charge >= 0.3 is 0 Å². The molecule has 0 bridgehead atoms. The molecule has 1 aliphatic heterocycles. The summed E-state index contributed by atoms with van der Waals surface area (Å²) >= 11 is 0. The Morgan fingerprint density at radius 1 is 1.41 bits per heavy atom. The van der Waals surface area contributed by atoms with Gasteiger partial charge in [-0.25, -0.2) is 0 Å². The summed E-state index contributed by atoms with van der Waals surface area (Å²) in [6.07, 6.45) is 3.72. The number of hydrogen-bond donors (Lipinski definition) is 3. The Hall–Kier alpha value is -1.92. The molecule has 0 atom stereocenters. The van der Waals surface area contributed by atoms with Gasteiger partial charge in [-0.2, -0.15) is 5.10 Å². The highest BCUT2D eigenvalue weighted by atomic mass is 16.5. The summed E-state index contributed by atoms with van der Waals surface area (Å²) in [6.45, 7) is 3.24. The number of H-pyrrole nitrogens is 1. The highest BCUT2D eigenvalue weighted by molar-refractivity contribution is 6.06. The van der Waals surface area contributed by atoms with Gasteiger partial charge in [0.25, 0.3) is 5.91 Å². The molecule has 1 aliphatic rings. The number of aromatic nitrogens is 2. The zero-order chi connectivity index (χ0) is 15.4. The van der Waals surface area contributed by atoms with Gasteiger partial charge in [-0.3, -0.25) is 9.89 Å². The Kier molecular flexibility index (Phi) is 4.40. The molecule has 6 heteroatoms. The lowest BCUT2D eigenvalue weighted by Gasteiger charge is -2.37. The summed E-state index contributed by atoms with van der Waals surface area (Å²) < 4.78 is 5.39. The Morgan fingerprint density at radius 3 is 3.00 bits per heavy atom. The highest BCUT2D eigenvalue weighted by Crippen LogP contribution is 2.28. The van der Waals surface area contributed by atoms with E-state index in [0.717, 1.165) is 36.8 Å². The lowest BCUT2D eigenvalue weighted by atomic mass is 9.79. The topological polar surface area (TPSA) is 79.0 Å². The zero-order valence-corrected chi connectivity index (χ0v) is 12.8. The molecule has 1 aromatic carbocycles. The second-order valence-corrected chi connectivity index (χ2v) is 6.00. The van der Waals surface area contributed by atoms with Gasteiger partial charge in [0.2, 0.25) is 0 Å². The third-order valence-electron chi connectivity index (χ3n) is 4.47. The van der Waals surface area contributed by atoms with Crippen LogP contribution in [0.15, 0.2) is 24.4 Å². The van der Waals surface area contributed by atoms with E-state index in [1.54, 1.807) is 13.3 Å². The summed E-state index contributed by atoms with van der Waals surface area (Å²) in [5.41, 5.74) is 1.56. The molecule has 3 N–H and O–H groups in total. The van der Waals surface area contributed by atoms with Gasteiger partial charge in [-0.1, -0.05) is 6.07 Å². The Morgan fingerprint density at radius 2 is 2.23 bits per heavy atom. The third kappa shape index (κ3) is 2.98. The van der Waals surface area contributed by atoms with Crippen LogP contribution >= 0.6 is 0 Å². The predicted octanol–water partition coefficient (Wildman–Crippen LogP) is 1.31. The SMILES string of the molecule is COCC1(CNC(=O)c2cccc3[nH]ncc23)CCNCC1. The van der Waals surface area contributed by atoms with E-state index in [9.17, 15) is 4.79 Å². The zero-order valence-electron chi connectivity index (χ0n) is 12.8. The fourth-order valence-corrected chi connectivity index (χ4v) is 3.16. The molecule has 2 heterocycles. The molecule has 118 valence electrons. The van der Waals surface area contributed by atoms with Crippen LogP contribution in [0.5, 0.6) is 0 Å². The highest BCUT2D eigenvalue weighted by Gasteiger charge is 2.32. The molecule has 0 aliphatic carbocycles. The number of piperidine rings is 1. The maximum absolute atomic E-state index is 12.5. The fourth-order valence-electron chi connectivity index (χ4n) is 3.16. The molecule has 22 heavy (non-hydrogen) atoms. The maximum Gasteiger partial charge on any atom is 0.252 e. The van der Waals surface area contributed by atoms with Crippen molar-refractivity contribution in [2.24, 2.45) is 5.41 Å². The van der Waals surface area contributed by atoms with Crippen molar-refractivity contribution < 1.29 is 9.53 Å². The minimum atomic E-state index is -0.0546. The van der Waals surface area contributed by atoms with Crippen molar-refractivity contribution in [2.75, 3.05) is 33.4 Å². The molecule has 1 amide bonds. The number of carbonyl (C=O) groups is 1. The Balaban J connectivity index is 1.72. The number of hydrogen-bond acceptors (Lipinski definition) is 4. The first-order valence-corrected chi connectivity index (χ1v) is 7.64. The Labute approximate surface area is 129 Å². The first-order chi connectivity index (χ1) is 10.7. The van der Waals surface area contributed by atoms with Crippen LogP contribution < -0.4 is 10.6 Å². The van der Waals surface area contributed by atoms with Gasteiger partial charge in [0.15, 0.2) is 0 Å². The van der Waals surface area contributed by atoms with Gasteiger partial charge in [-0.15, -0.1) is 0 Å². The number of carbonyl (C=O) groups excluding carboxylic acids is 1. The summed E-state index contributed by atoms with van der Waals surface area (Å²) in [7, 11) is 1.72. The number of nitrogens with zero attached hydrogens (tertiary/aromatic N) is 1. The van der Waals surface area contributed by atoms with Crippen LogP contribution in [0.3, 0.4) is 0 Å². The summed E-state index contributed by atoms with van der Waals surface area (Å²) in [4.78, 5) is 12.5. The summed E-state index contributed by atoms with van der Waals surface area (Å²) in [5, 5.41) is 14.2. The molecule has 1 saturated heterocycles. The first kappa shape index (κ1) is 15.0. The van der Waals surface area contributed by atoms with Crippen LogP contribution in [0.1, 0.15) is 23.2 Å². The molecule has 6 nitrogen and oxygen atoms in total. The van der Waals surface area contributed by atoms with Gasteiger partial charge < -0.3 is 15.4 Å². The molecule has 0 spiro atoms. The van der Waals surface area contributed by atoms with Gasteiger partial charge in [0, 0.05) is 24.5 Å². The minimum absolute atomic E-state index is 0.0277. The van der Waals surface area contributed by atoms with Gasteiger partial charge in [0.1, 0.15) is 0 Å². The number of methoxy groups -OCH3 is 1. The number of ether oxygens (including phenoxy) is 1. The van der Waals surface area contributed by atoms with Gasteiger partial charge in [0.05, 0.1) is 23.9 Å². The maximum atomic E-state index is 12.5. The van der Waals surface area contributed by atoms with E-state index < -0.39 is 0 Å². The van der Waals surface area contributed by atoms with Crippen molar-refractivity contribution in [1.29, 1.82) is 0 Å². The standard InChI is InChI=1S/C16H22N4O2/c1-22-11-16(5-7-17-8-6-16)10-18-15(21)12-3-2-4-14-13(12)9-19-20-14/h2-4,9,17H,5-8,10-11H2,1H3,(H,18,21)(H,19,20). The van der Waals surface area contributed by atoms with Gasteiger partial charge in [-0.05, 0) is 38.1 Å². The number of benzene rings is 1. The van der Waals surface area contributed by atoms with E-state index in [2.05, 4.69) is 20.8 Å². The average molecular weight is 302 g/mol. The molecule has 0 saturated carbocycles. The average Bonchev–Trinajstić information content (AvgIpc) is 3.02. The van der Waals surface area contributed by atoms with Crippen LogP contribution in [0, 0.1) is 5.41 Å². The van der Waals surface area contributed by atoms with Crippen LogP contribution in [0.4, 0.5) is 0 Å². The first-order valence-electron chi connectivity index (χ1n) is 7.64. The van der Waals surface area contributed by atoms with E-state index in [4.69, 9.17) is 4.74 Å². The number of rotatable bonds is 5. The minimum Gasteiger partial charge on any atom is -0.384 e. The normalized spacial score (nSPS) is 17.5. The Bertz CT molecular complexity index is 641. The fraction of sp³-hybridized carbons (Fsp3) is 0.500. The second-order valence-electron chi connectivity index (χ2n) is 6.00. The van der Waals surface area contributed by atoms with Crippen molar-refractivity contribution in [3.05, 3.63) is 30.0 Å². The van der Waals surface area contributed by atoms with Crippen molar-refractivity contribution in [3.63, 3.8) is 0 Å². The van der Waals surface area contributed by atoms with Crippen molar-refractivity contribution >= 4 is 16.8 Å². The molecule has 1 aromatic heterocycles. The lowest BCUT2D eigenvalue weighted by Crippen LogP contribution is -2.47. The monoisotopic (exact) mass is 302 g/mol. The smallest absolute Gasteiger partial charge is 0.252 e. The molecular formula is C16H22N4O2. The second kappa shape index (κ2) is 6.46. The lowest BCUT2D eigenvalue weighted by molar-refractivity contribution is 0.0512. The van der Waals surface area contributed by atoms with Crippen LogP contribution in [0.25, 0.3) is 10.9 Å². The quantitative estimate of drug-likeness (QED) is 0.778. The molecule has 0 radical (unpaired) electrons. The van der Waals surface area contributed by atoms with E-state index in [1.165, 1.54) is 0 Å². The van der Waals surface area contributed by atoms with E-state index in [1.807, 2.05) is 18.2 Å². The van der Waals surface area contributed by atoms with E-state index >= 15 is 0 Å². The van der Waals surface area contributed by atoms with E-state index in [0.29, 0.717) is 18.7 Å². The van der Waals surface area contributed by atoms with Crippen LogP contribution in [0.2, 0.25) is 0 Å². The molecular weight excluding hydrogens is 280 g/mol. The molecule has 0 unspecified atom stereocenters. The van der Waals surface area contributed by atoms with Crippen LogP contribution in [-0.4, -0.2) is 49.5 Å².